The quantitative estimate of drug-likeness (QED) is 0.749. The lowest BCUT2D eigenvalue weighted by Gasteiger charge is -2.22. The highest BCUT2D eigenvalue weighted by atomic mass is 16.5. The Morgan fingerprint density at radius 2 is 2.06 bits per heavy atom. The normalized spacial score (nSPS) is 31.1. The van der Waals surface area contributed by atoms with Crippen LogP contribution < -0.4 is 4.74 Å². The summed E-state index contributed by atoms with van der Waals surface area (Å²) in [7, 11) is 0. The van der Waals surface area contributed by atoms with Gasteiger partial charge in [-0.05, 0) is 68.6 Å². The molecule has 3 rings (SSSR count). The summed E-state index contributed by atoms with van der Waals surface area (Å²) in [5.74, 6) is 3.82. The molecule has 0 spiro atoms. The summed E-state index contributed by atoms with van der Waals surface area (Å²) in [4.78, 5) is 0. The van der Waals surface area contributed by atoms with E-state index < -0.39 is 0 Å². The second kappa shape index (κ2) is 4.36. The van der Waals surface area contributed by atoms with Crippen LogP contribution in [-0.4, -0.2) is 6.10 Å². The van der Waals surface area contributed by atoms with Gasteiger partial charge >= 0.3 is 0 Å². The van der Waals surface area contributed by atoms with Crippen LogP contribution in [0.15, 0.2) is 24.3 Å². The van der Waals surface area contributed by atoms with E-state index in [-0.39, 0.29) is 6.10 Å². The molecule has 2 aliphatic rings. The largest absolute Gasteiger partial charge is 0.491 e. The molecule has 0 amide bonds. The number of hydrogen-bond acceptors (Lipinski definition) is 1. The molecule has 0 aliphatic heterocycles. The van der Waals surface area contributed by atoms with Gasteiger partial charge in [0.1, 0.15) is 5.75 Å². The minimum Gasteiger partial charge on any atom is -0.491 e. The first kappa shape index (κ1) is 11.1. The SMILES string of the molecule is CC(C)Oc1cccc([C@H]2C[C@@H]3CC[C@H]2C3)c1. The standard InChI is InChI=1S/C16H22O/c1-11(2)17-15-5-3-4-13(10-15)16-9-12-6-7-14(16)8-12/h3-5,10-12,14,16H,6-9H2,1-2H3/t12-,14+,16-/m1/s1. The highest BCUT2D eigenvalue weighted by Gasteiger charge is 2.40. The van der Waals surface area contributed by atoms with Crippen molar-refractivity contribution >= 4 is 0 Å². The van der Waals surface area contributed by atoms with Crippen molar-refractivity contribution in [1.29, 1.82) is 0 Å². The molecule has 1 heteroatoms. The zero-order chi connectivity index (χ0) is 11.8. The van der Waals surface area contributed by atoms with Crippen LogP contribution in [-0.2, 0) is 0 Å². The van der Waals surface area contributed by atoms with Crippen LogP contribution in [0.5, 0.6) is 5.75 Å². The summed E-state index contributed by atoms with van der Waals surface area (Å²) in [6.07, 6.45) is 6.08. The van der Waals surface area contributed by atoms with Gasteiger partial charge in [0, 0.05) is 0 Å². The van der Waals surface area contributed by atoms with Crippen molar-refractivity contribution in [3.63, 3.8) is 0 Å². The molecule has 0 radical (unpaired) electrons. The zero-order valence-electron chi connectivity index (χ0n) is 10.9. The van der Waals surface area contributed by atoms with E-state index in [2.05, 4.69) is 38.1 Å². The van der Waals surface area contributed by atoms with E-state index in [1.807, 2.05) is 0 Å². The van der Waals surface area contributed by atoms with Gasteiger partial charge < -0.3 is 4.74 Å². The van der Waals surface area contributed by atoms with Gasteiger partial charge in [-0.2, -0.15) is 0 Å². The molecule has 0 N–H and O–H groups in total. The number of hydrogen-bond donors (Lipinski definition) is 0. The highest BCUT2D eigenvalue weighted by Crippen LogP contribution is 2.53. The van der Waals surface area contributed by atoms with Crippen molar-refractivity contribution in [3.8, 4) is 5.75 Å². The van der Waals surface area contributed by atoms with Crippen LogP contribution in [0.25, 0.3) is 0 Å². The van der Waals surface area contributed by atoms with Gasteiger partial charge in [-0.25, -0.2) is 0 Å². The average Bonchev–Trinajstić information content (AvgIpc) is 2.90. The van der Waals surface area contributed by atoms with Gasteiger partial charge in [-0.15, -0.1) is 0 Å². The Hall–Kier alpha value is -0.980. The molecule has 1 nitrogen and oxygen atoms in total. The van der Waals surface area contributed by atoms with Crippen molar-refractivity contribution in [2.75, 3.05) is 0 Å². The molecule has 2 fully saturated rings. The van der Waals surface area contributed by atoms with Crippen molar-refractivity contribution < 1.29 is 4.74 Å². The first-order valence-corrected chi connectivity index (χ1v) is 6.99. The molecular weight excluding hydrogens is 208 g/mol. The average molecular weight is 230 g/mol. The molecule has 17 heavy (non-hydrogen) atoms. The monoisotopic (exact) mass is 230 g/mol. The van der Waals surface area contributed by atoms with Crippen LogP contribution in [0.3, 0.4) is 0 Å². The third-order valence-electron chi connectivity index (χ3n) is 4.40. The summed E-state index contributed by atoms with van der Waals surface area (Å²) in [6, 6.07) is 8.79. The molecule has 92 valence electrons. The lowest BCUT2D eigenvalue weighted by Crippen LogP contribution is -2.10. The van der Waals surface area contributed by atoms with E-state index in [0.717, 1.165) is 23.5 Å². The minimum atomic E-state index is 0.269. The lowest BCUT2D eigenvalue weighted by molar-refractivity contribution is 0.242. The molecule has 0 saturated heterocycles. The van der Waals surface area contributed by atoms with Gasteiger partial charge in [0.2, 0.25) is 0 Å². The predicted molar refractivity (Wildman–Crippen MR) is 70.4 cm³/mol. The van der Waals surface area contributed by atoms with Crippen molar-refractivity contribution in [3.05, 3.63) is 29.8 Å². The van der Waals surface area contributed by atoms with Gasteiger partial charge in [-0.3, -0.25) is 0 Å². The number of rotatable bonds is 3. The summed E-state index contributed by atoms with van der Waals surface area (Å²) >= 11 is 0. The van der Waals surface area contributed by atoms with Crippen LogP contribution >= 0.6 is 0 Å². The van der Waals surface area contributed by atoms with Crippen molar-refractivity contribution in [2.24, 2.45) is 11.8 Å². The minimum absolute atomic E-state index is 0.269. The Morgan fingerprint density at radius 3 is 2.71 bits per heavy atom. The smallest absolute Gasteiger partial charge is 0.119 e. The van der Waals surface area contributed by atoms with Crippen molar-refractivity contribution in [2.45, 2.75) is 51.6 Å². The number of ether oxygens (including phenoxy) is 1. The van der Waals surface area contributed by atoms with Crippen LogP contribution in [0.1, 0.15) is 51.0 Å². The van der Waals surface area contributed by atoms with Crippen LogP contribution in [0.4, 0.5) is 0 Å². The number of fused-ring (bicyclic) bond motifs is 2. The number of benzene rings is 1. The molecule has 2 bridgehead atoms. The molecule has 0 unspecified atom stereocenters. The van der Waals surface area contributed by atoms with E-state index in [9.17, 15) is 0 Å². The fourth-order valence-electron chi connectivity index (χ4n) is 3.74. The van der Waals surface area contributed by atoms with Crippen LogP contribution in [0, 0.1) is 11.8 Å². The second-order valence-corrected chi connectivity index (χ2v) is 6.02. The van der Waals surface area contributed by atoms with Crippen LogP contribution in [0.2, 0.25) is 0 Å². The second-order valence-electron chi connectivity index (χ2n) is 6.02. The Balaban J connectivity index is 1.79. The Bertz CT molecular complexity index is 396. The third-order valence-corrected chi connectivity index (χ3v) is 4.40. The Kier molecular flexibility index (Phi) is 2.85. The lowest BCUT2D eigenvalue weighted by atomic mass is 9.83. The van der Waals surface area contributed by atoms with Gasteiger partial charge in [0.25, 0.3) is 0 Å². The summed E-state index contributed by atoms with van der Waals surface area (Å²) in [5.41, 5.74) is 1.51. The molecule has 2 aliphatic carbocycles. The first-order valence-electron chi connectivity index (χ1n) is 6.99. The summed E-state index contributed by atoms with van der Waals surface area (Å²) in [6.45, 7) is 4.18. The molecule has 2 saturated carbocycles. The predicted octanol–water partition coefficient (Wildman–Crippen LogP) is 4.38. The fraction of sp³-hybridized carbons (Fsp3) is 0.625. The topological polar surface area (TPSA) is 9.23 Å². The molecule has 1 aromatic carbocycles. The van der Waals surface area contributed by atoms with Gasteiger partial charge in [-0.1, -0.05) is 18.6 Å². The van der Waals surface area contributed by atoms with E-state index in [1.165, 1.54) is 31.2 Å². The van der Waals surface area contributed by atoms with Gasteiger partial charge in [0.05, 0.1) is 6.10 Å². The van der Waals surface area contributed by atoms with E-state index in [1.54, 1.807) is 0 Å². The van der Waals surface area contributed by atoms with Gasteiger partial charge in [0.15, 0.2) is 0 Å². The molecule has 1 aromatic rings. The fourth-order valence-corrected chi connectivity index (χ4v) is 3.74. The maximum Gasteiger partial charge on any atom is 0.119 e. The van der Waals surface area contributed by atoms with E-state index >= 15 is 0 Å². The maximum atomic E-state index is 5.79. The Labute approximate surface area is 104 Å². The Morgan fingerprint density at radius 1 is 1.18 bits per heavy atom. The molecule has 0 aromatic heterocycles. The van der Waals surface area contributed by atoms with E-state index in [0.29, 0.717) is 0 Å². The molecular formula is C16H22O. The zero-order valence-corrected chi connectivity index (χ0v) is 10.9. The maximum absolute atomic E-state index is 5.79. The van der Waals surface area contributed by atoms with Crippen molar-refractivity contribution in [1.82, 2.24) is 0 Å². The van der Waals surface area contributed by atoms with E-state index in [4.69, 9.17) is 4.74 Å². The molecule has 3 atom stereocenters. The molecule has 0 heterocycles. The highest BCUT2D eigenvalue weighted by molar-refractivity contribution is 5.32. The summed E-state index contributed by atoms with van der Waals surface area (Å²) in [5, 5.41) is 0. The summed E-state index contributed by atoms with van der Waals surface area (Å²) < 4.78 is 5.79. The first-order chi connectivity index (χ1) is 8.22. The third kappa shape index (κ3) is 2.20.